The highest BCUT2D eigenvalue weighted by atomic mass is 32.1. The van der Waals surface area contributed by atoms with Crippen molar-refractivity contribution in [1.82, 2.24) is 9.55 Å². The topological polar surface area (TPSA) is 98.0 Å². The molecule has 1 atom stereocenters. The lowest BCUT2D eigenvalue weighted by molar-refractivity contribution is -0.386. The molecule has 1 unspecified atom stereocenters. The van der Waals surface area contributed by atoms with Crippen LogP contribution in [0.1, 0.15) is 13.3 Å². The lowest BCUT2D eigenvalue weighted by Crippen LogP contribution is -2.32. The molecule has 0 spiro atoms. The van der Waals surface area contributed by atoms with Crippen LogP contribution < -0.4 is 11.2 Å². The quantitative estimate of drug-likeness (QED) is 0.454. The van der Waals surface area contributed by atoms with Crippen molar-refractivity contribution in [2.24, 2.45) is 5.92 Å². The molecule has 1 heterocycles. The van der Waals surface area contributed by atoms with E-state index in [1.165, 1.54) is 0 Å². The van der Waals surface area contributed by atoms with Crippen molar-refractivity contribution in [3.8, 4) is 0 Å². The van der Waals surface area contributed by atoms with Crippen molar-refractivity contribution in [2.45, 2.75) is 19.9 Å². The van der Waals surface area contributed by atoms with E-state index in [0.717, 1.165) is 17.2 Å². The zero-order chi connectivity index (χ0) is 13.0. The van der Waals surface area contributed by atoms with Crippen molar-refractivity contribution in [3.05, 3.63) is 37.1 Å². The first-order chi connectivity index (χ1) is 7.99. The van der Waals surface area contributed by atoms with E-state index in [1.54, 1.807) is 0 Å². The summed E-state index contributed by atoms with van der Waals surface area (Å²) < 4.78 is 1.14. The third kappa shape index (κ3) is 3.19. The highest BCUT2D eigenvalue weighted by Crippen LogP contribution is 2.08. The van der Waals surface area contributed by atoms with Crippen LogP contribution in [0.4, 0.5) is 5.69 Å². The lowest BCUT2D eigenvalue weighted by Gasteiger charge is -2.12. The summed E-state index contributed by atoms with van der Waals surface area (Å²) in [6.07, 6.45) is 1.77. The number of nitro groups is 1. The van der Waals surface area contributed by atoms with Gasteiger partial charge in [0.1, 0.15) is 0 Å². The van der Waals surface area contributed by atoms with E-state index in [2.05, 4.69) is 12.6 Å². The van der Waals surface area contributed by atoms with Gasteiger partial charge in [0.2, 0.25) is 0 Å². The number of nitrogens with one attached hydrogen (secondary N) is 1. The SMILES string of the molecule is CCC(CS)Cn1cc([N+](=O)[O-])c(=O)[nH]c1=O. The minimum atomic E-state index is -0.977. The second-order valence-corrected chi connectivity index (χ2v) is 4.01. The zero-order valence-corrected chi connectivity index (χ0v) is 10.1. The first-order valence-electron chi connectivity index (χ1n) is 5.08. The molecule has 17 heavy (non-hydrogen) atoms. The molecule has 0 radical (unpaired) electrons. The summed E-state index contributed by atoms with van der Waals surface area (Å²) in [5, 5.41) is 10.6. The van der Waals surface area contributed by atoms with E-state index in [9.17, 15) is 19.7 Å². The largest absolute Gasteiger partial charge is 0.350 e. The number of nitrogens with zero attached hydrogens (tertiary/aromatic N) is 2. The van der Waals surface area contributed by atoms with Crippen LogP contribution in [0.15, 0.2) is 15.8 Å². The molecule has 0 aliphatic carbocycles. The van der Waals surface area contributed by atoms with Gasteiger partial charge in [-0.1, -0.05) is 13.3 Å². The number of thiol groups is 1. The van der Waals surface area contributed by atoms with Gasteiger partial charge in [-0.2, -0.15) is 12.6 Å². The van der Waals surface area contributed by atoms with Crippen molar-refractivity contribution >= 4 is 18.3 Å². The lowest BCUT2D eigenvalue weighted by atomic mass is 10.1. The molecule has 0 saturated carbocycles. The predicted molar refractivity (Wildman–Crippen MR) is 65.6 cm³/mol. The summed E-state index contributed by atoms with van der Waals surface area (Å²) in [7, 11) is 0. The number of H-pyrrole nitrogens is 1. The van der Waals surface area contributed by atoms with Gasteiger partial charge in [-0.15, -0.1) is 0 Å². The second kappa shape index (κ2) is 5.67. The van der Waals surface area contributed by atoms with E-state index in [1.807, 2.05) is 11.9 Å². The second-order valence-electron chi connectivity index (χ2n) is 3.64. The molecular weight excluding hydrogens is 246 g/mol. The van der Waals surface area contributed by atoms with Gasteiger partial charge in [0.25, 0.3) is 0 Å². The van der Waals surface area contributed by atoms with Crippen LogP contribution in [-0.2, 0) is 6.54 Å². The molecular formula is C9H13N3O4S. The molecule has 1 aromatic rings. The summed E-state index contributed by atoms with van der Waals surface area (Å²) >= 11 is 4.13. The fraction of sp³-hybridized carbons (Fsp3) is 0.556. The van der Waals surface area contributed by atoms with E-state index in [4.69, 9.17) is 0 Å². The molecule has 7 nitrogen and oxygen atoms in total. The van der Waals surface area contributed by atoms with Crippen LogP contribution in [0.5, 0.6) is 0 Å². The first kappa shape index (κ1) is 13.5. The number of rotatable bonds is 5. The fourth-order valence-corrected chi connectivity index (χ4v) is 1.73. The molecule has 0 bridgehead atoms. The maximum absolute atomic E-state index is 11.4. The van der Waals surface area contributed by atoms with E-state index in [0.29, 0.717) is 12.3 Å². The Morgan fingerprint density at radius 1 is 1.59 bits per heavy atom. The Labute approximate surface area is 102 Å². The van der Waals surface area contributed by atoms with Crippen LogP contribution in [0.3, 0.4) is 0 Å². The average Bonchev–Trinajstić information content (AvgIpc) is 2.27. The summed E-state index contributed by atoms with van der Waals surface area (Å²) in [4.78, 5) is 34.3. The van der Waals surface area contributed by atoms with Gasteiger partial charge in [0, 0.05) is 6.54 Å². The summed E-state index contributed by atoms with van der Waals surface area (Å²) in [5.41, 5.74) is -2.24. The van der Waals surface area contributed by atoms with Crippen molar-refractivity contribution in [2.75, 3.05) is 5.75 Å². The predicted octanol–water partition coefficient (Wildman–Crippen LogP) is 0.401. The summed E-state index contributed by atoms with van der Waals surface area (Å²) in [6, 6.07) is 0. The van der Waals surface area contributed by atoms with E-state index < -0.39 is 21.9 Å². The Balaban J connectivity index is 3.16. The number of aromatic nitrogens is 2. The molecule has 0 saturated heterocycles. The molecule has 94 valence electrons. The van der Waals surface area contributed by atoms with Crippen molar-refractivity contribution < 1.29 is 4.92 Å². The highest BCUT2D eigenvalue weighted by Gasteiger charge is 2.16. The minimum absolute atomic E-state index is 0.126. The third-order valence-corrected chi connectivity index (χ3v) is 3.00. The highest BCUT2D eigenvalue weighted by molar-refractivity contribution is 7.80. The minimum Gasteiger partial charge on any atom is -0.293 e. The monoisotopic (exact) mass is 259 g/mol. The normalized spacial score (nSPS) is 12.4. The van der Waals surface area contributed by atoms with Crippen LogP contribution in [0, 0.1) is 16.0 Å². The van der Waals surface area contributed by atoms with Gasteiger partial charge in [-0.25, -0.2) is 4.79 Å². The molecule has 0 aliphatic heterocycles. The first-order valence-corrected chi connectivity index (χ1v) is 5.71. The van der Waals surface area contributed by atoms with E-state index >= 15 is 0 Å². The fourth-order valence-electron chi connectivity index (χ4n) is 1.36. The van der Waals surface area contributed by atoms with Gasteiger partial charge in [-0.05, 0) is 11.7 Å². The van der Waals surface area contributed by atoms with Crippen LogP contribution in [0.2, 0.25) is 0 Å². The van der Waals surface area contributed by atoms with Gasteiger partial charge in [0.05, 0.1) is 11.1 Å². The summed E-state index contributed by atoms with van der Waals surface area (Å²) in [5.74, 6) is 0.692. The van der Waals surface area contributed by atoms with E-state index in [-0.39, 0.29) is 5.92 Å². The Bertz CT molecular complexity index is 518. The number of aromatic amines is 1. The average molecular weight is 259 g/mol. The maximum atomic E-state index is 11.4. The standard InChI is InChI=1S/C9H13N3O4S/c1-2-6(5-17)3-11-4-7(12(15)16)8(13)10-9(11)14/h4,6,17H,2-3,5H2,1H3,(H,10,13,14). The third-order valence-electron chi connectivity index (χ3n) is 2.48. The van der Waals surface area contributed by atoms with Crippen LogP contribution in [-0.4, -0.2) is 20.2 Å². The maximum Gasteiger partial charge on any atom is 0.350 e. The molecule has 0 fully saturated rings. The van der Waals surface area contributed by atoms with Gasteiger partial charge in [-0.3, -0.25) is 24.5 Å². The number of hydrogen-bond donors (Lipinski definition) is 2. The summed E-state index contributed by atoms with van der Waals surface area (Å²) in [6.45, 7) is 2.24. The van der Waals surface area contributed by atoms with Crippen molar-refractivity contribution in [3.63, 3.8) is 0 Å². The Hall–Kier alpha value is -1.57. The van der Waals surface area contributed by atoms with Crippen LogP contribution in [0.25, 0.3) is 0 Å². The van der Waals surface area contributed by atoms with Gasteiger partial charge in [0.15, 0.2) is 0 Å². The molecule has 1 aromatic heterocycles. The Morgan fingerprint density at radius 2 is 2.24 bits per heavy atom. The molecule has 0 amide bonds. The van der Waals surface area contributed by atoms with Gasteiger partial charge >= 0.3 is 16.9 Å². The van der Waals surface area contributed by atoms with Gasteiger partial charge < -0.3 is 0 Å². The molecule has 1 N–H and O–H groups in total. The number of hydrogen-bond acceptors (Lipinski definition) is 5. The zero-order valence-electron chi connectivity index (χ0n) is 9.25. The van der Waals surface area contributed by atoms with Crippen molar-refractivity contribution in [1.29, 1.82) is 0 Å². The van der Waals surface area contributed by atoms with Crippen LogP contribution >= 0.6 is 12.6 Å². The molecule has 0 aromatic carbocycles. The smallest absolute Gasteiger partial charge is 0.293 e. The molecule has 1 rings (SSSR count). The Morgan fingerprint density at radius 3 is 2.71 bits per heavy atom. The molecule has 0 aliphatic rings. The molecule has 8 heteroatoms. The Kier molecular flexibility index (Phi) is 4.50.